The molecular formula is C24H27N2OS+. The average molecular weight is 392 g/mol. The van der Waals surface area contributed by atoms with Crippen LogP contribution < -0.4 is 4.90 Å². The smallest absolute Gasteiger partial charge is 0.155 e. The third-order valence-electron chi connectivity index (χ3n) is 5.58. The van der Waals surface area contributed by atoms with Gasteiger partial charge in [0.15, 0.2) is 4.90 Å². The Morgan fingerprint density at radius 2 is 1.54 bits per heavy atom. The molecule has 144 valence electrons. The summed E-state index contributed by atoms with van der Waals surface area (Å²) in [6.07, 6.45) is 11.5. The summed E-state index contributed by atoms with van der Waals surface area (Å²) in [5.74, 6) is 2.52. The molecule has 0 amide bonds. The summed E-state index contributed by atoms with van der Waals surface area (Å²) in [4.78, 5) is 3.77. The van der Waals surface area contributed by atoms with Crippen LogP contribution in [0.3, 0.4) is 0 Å². The van der Waals surface area contributed by atoms with E-state index in [4.69, 9.17) is 5.41 Å². The van der Waals surface area contributed by atoms with Crippen molar-refractivity contribution in [2.75, 3.05) is 16.4 Å². The number of phenolic OH excluding ortho intramolecular Hbond substituents is 1. The summed E-state index contributed by atoms with van der Waals surface area (Å²) in [5, 5.41) is 17.6. The molecular weight excluding hydrogens is 364 g/mol. The van der Waals surface area contributed by atoms with Crippen LogP contribution in [-0.2, 0) is 10.9 Å². The number of nitrogens with one attached hydrogen (secondary N) is 1. The second kappa shape index (κ2) is 7.88. The van der Waals surface area contributed by atoms with Gasteiger partial charge < -0.3 is 15.4 Å². The van der Waals surface area contributed by atoms with Crippen molar-refractivity contribution in [3.63, 3.8) is 0 Å². The van der Waals surface area contributed by atoms with Gasteiger partial charge in [-0.2, -0.15) is 0 Å². The van der Waals surface area contributed by atoms with Gasteiger partial charge in [0.05, 0.1) is 5.54 Å². The van der Waals surface area contributed by atoms with E-state index in [-0.39, 0.29) is 22.2 Å². The van der Waals surface area contributed by atoms with Crippen molar-refractivity contribution in [3.8, 4) is 5.75 Å². The Morgan fingerprint density at radius 1 is 0.929 bits per heavy atom. The molecule has 0 saturated carbocycles. The molecule has 1 aliphatic carbocycles. The van der Waals surface area contributed by atoms with E-state index in [1.807, 2.05) is 12.1 Å². The molecule has 0 aromatic heterocycles. The predicted octanol–water partition coefficient (Wildman–Crippen LogP) is 5.60. The summed E-state index contributed by atoms with van der Waals surface area (Å²) in [6.45, 7) is 2.25. The zero-order chi connectivity index (χ0) is 19.6. The van der Waals surface area contributed by atoms with Gasteiger partial charge in [0.1, 0.15) is 17.3 Å². The van der Waals surface area contributed by atoms with E-state index in [1.165, 1.54) is 4.90 Å². The minimum Gasteiger partial charge on any atom is -0.508 e. The zero-order valence-electron chi connectivity index (χ0n) is 16.3. The molecule has 2 aromatic rings. The molecule has 0 radical (unpaired) electrons. The molecule has 2 aliphatic rings. The van der Waals surface area contributed by atoms with Gasteiger partial charge in [-0.15, -0.1) is 0 Å². The molecule has 3 nitrogen and oxygen atoms in total. The monoisotopic (exact) mass is 391 g/mol. The fourth-order valence-electron chi connectivity index (χ4n) is 3.97. The predicted molar refractivity (Wildman–Crippen MR) is 120 cm³/mol. The summed E-state index contributed by atoms with van der Waals surface area (Å²) in [7, 11) is 0.269. The molecule has 1 aliphatic heterocycles. The first-order valence-electron chi connectivity index (χ1n) is 9.83. The number of benzene rings is 2. The fraction of sp³-hybridized carbons (Fsp3) is 0.292. The number of allylic oxidation sites excluding steroid dienone is 2. The van der Waals surface area contributed by atoms with Crippen LogP contribution in [0.1, 0.15) is 26.2 Å². The Balaban J connectivity index is 1.66. The Kier molecular flexibility index (Phi) is 5.31. The molecule has 4 heteroatoms. The van der Waals surface area contributed by atoms with Crippen molar-refractivity contribution in [2.45, 2.75) is 36.6 Å². The van der Waals surface area contributed by atoms with E-state index in [0.717, 1.165) is 47.9 Å². The molecule has 1 fully saturated rings. The number of anilines is 2. The highest BCUT2D eigenvalue weighted by molar-refractivity contribution is 7.97. The molecule has 0 spiro atoms. The highest BCUT2D eigenvalue weighted by Gasteiger charge is 2.32. The quantitative estimate of drug-likeness (QED) is 0.667. The van der Waals surface area contributed by atoms with Crippen LogP contribution in [0.4, 0.5) is 11.4 Å². The zero-order valence-corrected chi connectivity index (χ0v) is 17.1. The van der Waals surface area contributed by atoms with Gasteiger partial charge in [-0.25, -0.2) is 0 Å². The summed E-state index contributed by atoms with van der Waals surface area (Å²) < 4.78 is 0. The van der Waals surface area contributed by atoms with Crippen LogP contribution in [0.15, 0.2) is 77.7 Å². The summed E-state index contributed by atoms with van der Waals surface area (Å²) in [5.41, 5.74) is 2.98. The molecule has 4 rings (SSSR count). The van der Waals surface area contributed by atoms with E-state index >= 15 is 0 Å². The van der Waals surface area contributed by atoms with Crippen molar-refractivity contribution >= 4 is 28.0 Å². The number of hydrogen-bond acceptors (Lipinski definition) is 3. The lowest BCUT2D eigenvalue weighted by Crippen LogP contribution is -2.42. The normalized spacial score (nSPS) is 24.3. The maximum Gasteiger partial charge on any atom is 0.155 e. The van der Waals surface area contributed by atoms with Crippen molar-refractivity contribution in [1.82, 2.24) is 0 Å². The molecule has 2 aromatic carbocycles. The molecule has 1 atom stereocenters. The molecule has 1 saturated heterocycles. The third kappa shape index (κ3) is 3.88. The van der Waals surface area contributed by atoms with Crippen molar-refractivity contribution in [2.24, 2.45) is 0 Å². The highest BCUT2D eigenvalue weighted by atomic mass is 32.2. The van der Waals surface area contributed by atoms with Crippen LogP contribution in [0.5, 0.6) is 5.75 Å². The maximum atomic E-state index is 9.73. The topological polar surface area (TPSA) is 47.3 Å². The first-order valence-corrected chi connectivity index (χ1v) is 11.4. The SMILES string of the molecule is CC1(N(c2ccc(O)cc2)c2ccc([S+]3CCC(=N)CC3)cc2)C=CC=CC1. The number of hydrogen-bond donors (Lipinski definition) is 2. The van der Waals surface area contributed by atoms with E-state index in [9.17, 15) is 5.11 Å². The van der Waals surface area contributed by atoms with E-state index in [0.29, 0.717) is 0 Å². The van der Waals surface area contributed by atoms with Gasteiger partial charge in [-0.05, 0) is 61.9 Å². The largest absolute Gasteiger partial charge is 0.508 e. The number of aromatic hydroxyl groups is 1. The van der Waals surface area contributed by atoms with Crippen LogP contribution in [0, 0.1) is 5.41 Å². The third-order valence-corrected chi connectivity index (χ3v) is 7.91. The van der Waals surface area contributed by atoms with Gasteiger partial charge in [0.25, 0.3) is 0 Å². The molecule has 0 bridgehead atoms. The van der Waals surface area contributed by atoms with Crippen LogP contribution in [0.25, 0.3) is 0 Å². The second-order valence-electron chi connectivity index (χ2n) is 7.70. The second-order valence-corrected chi connectivity index (χ2v) is 9.97. The van der Waals surface area contributed by atoms with Crippen LogP contribution >= 0.6 is 0 Å². The fourth-order valence-corrected chi connectivity index (χ4v) is 6.15. The van der Waals surface area contributed by atoms with Crippen molar-refractivity contribution in [3.05, 3.63) is 72.8 Å². The van der Waals surface area contributed by atoms with Gasteiger partial charge in [0.2, 0.25) is 0 Å². The summed E-state index contributed by atoms with van der Waals surface area (Å²) >= 11 is 0. The average Bonchev–Trinajstić information content (AvgIpc) is 2.71. The van der Waals surface area contributed by atoms with E-state index < -0.39 is 0 Å². The Bertz CT molecular complexity index is 891. The van der Waals surface area contributed by atoms with Gasteiger partial charge >= 0.3 is 0 Å². The van der Waals surface area contributed by atoms with Crippen molar-refractivity contribution in [1.29, 1.82) is 5.41 Å². The van der Waals surface area contributed by atoms with Crippen LogP contribution in [0.2, 0.25) is 0 Å². The number of phenols is 1. The lowest BCUT2D eigenvalue weighted by molar-refractivity contribution is 0.475. The Labute approximate surface area is 170 Å². The highest BCUT2D eigenvalue weighted by Crippen LogP contribution is 2.38. The number of rotatable bonds is 4. The minimum absolute atomic E-state index is 0.157. The Morgan fingerprint density at radius 3 is 2.11 bits per heavy atom. The van der Waals surface area contributed by atoms with Gasteiger partial charge in [-0.1, -0.05) is 24.3 Å². The van der Waals surface area contributed by atoms with E-state index in [2.05, 4.69) is 60.4 Å². The van der Waals surface area contributed by atoms with Crippen LogP contribution in [-0.4, -0.2) is 27.9 Å². The lowest BCUT2D eigenvalue weighted by Gasteiger charge is -2.41. The summed E-state index contributed by atoms with van der Waals surface area (Å²) in [6, 6.07) is 16.5. The Hall–Kier alpha value is -2.46. The van der Waals surface area contributed by atoms with Gasteiger partial charge in [0, 0.05) is 40.8 Å². The first kappa shape index (κ1) is 18.9. The lowest BCUT2D eigenvalue weighted by atomic mass is 9.90. The standard InChI is InChI=1S/C24H26N2OS/c1-24(15-3-2-4-16-24)26(20-5-9-22(27)10-6-20)21-7-11-23(12-8-21)28-17-13-19(25)14-18-28/h2-12,15,25H,13-14,16-18H2,1H3/p+1. The van der Waals surface area contributed by atoms with Crippen molar-refractivity contribution < 1.29 is 5.11 Å². The molecule has 1 unspecified atom stereocenters. The molecule has 1 heterocycles. The first-order chi connectivity index (χ1) is 13.5. The maximum absolute atomic E-state index is 9.73. The molecule has 2 N–H and O–H groups in total. The number of nitrogens with zero attached hydrogens (tertiary/aromatic N) is 1. The molecule has 28 heavy (non-hydrogen) atoms. The minimum atomic E-state index is -0.157. The van der Waals surface area contributed by atoms with Gasteiger partial charge in [-0.3, -0.25) is 0 Å². The van der Waals surface area contributed by atoms with E-state index in [1.54, 1.807) is 12.1 Å².